The maximum absolute atomic E-state index is 12.3. The van der Waals surface area contributed by atoms with Gasteiger partial charge in [-0.1, -0.05) is 12.1 Å². The molecule has 0 aliphatic heterocycles. The first kappa shape index (κ1) is 20.2. The maximum Gasteiger partial charge on any atom is 0.387 e. The summed E-state index contributed by atoms with van der Waals surface area (Å²) in [6.45, 7) is 0.282. The van der Waals surface area contributed by atoms with Crippen LogP contribution < -0.4 is 14.8 Å². The van der Waals surface area contributed by atoms with E-state index >= 15 is 0 Å². The van der Waals surface area contributed by atoms with Crippen molar-refractivity contribution in [1.82, 2.24) is 0 Å². The SMILES string of the molecule is COc1cc(C(=O)O[C@H](C)C(=O)Nc2cccc(C)c2)ccc1OC(F)F. The summed E-state index contributed by atoms with van der Waals surface area (Å²) < 4.78 is 39.0. The van der Waals surface area contributed by atoms with Gasteiger partial charge in [-0.15, -0.1) is 0 Å². The number of carbonyl (C=O) groups excluding carboxylic acids is 2. The molecular weight excluding hydrogens is 360 g/mol. The molecule has 0 spiro atoms. The smallest absolute Gasteiger partial charge is 0.387 e. The van der Waals surface area contributed by atoms with Gasteiger partial charge in [0, 0.05) is 5.69 Å². The van der Waals surface area contributed by atoms with E-state index in [1.807, 2.05) is 13.0 Å². The molecule has 1 N–H and O–H groups in total. The maximum atomic E-state index is 12.3. The Morgan fingerprint density at radius 3 is 2.44 bits per heavy atom. The number of rotatable bonds is 7. The highest BCUT2D eigenvalue weighted by Gasteiger charge is 2.21. The fourth-order valence-corrected chi connectivity index (χ4v) is 2.24. The van der Waals surface area contributed by atoms with Crippen molar-refractivity contribution in [1.29, 1.82) is 0 Å². The van der Waals surface area contributed by atoms with Gasteiger partial charge >= 0.3 is 12.6 Å². The molecule has 2 rings (SSSR count). The molecule has 0 saturated carbocycles. The van der Waals surface area contributed by atoms with E-state index < -0.39 is 24.6 Å². The van der Waals surface area contributed by atoms with E-state index in [0.29, 0.717) is 5.69 Å². The molecule has 8 heteroatoms. The van der Waals surface area contributed by atoms with Crippen LogP contribution in [0.1, 0.15) is 22.8 Å². The zero-order valence-electron chi connectivity index (χ0n) is 15.0. The molecule has 0 heterocycles. The summed E-state index contributed by atoms with van der Waals surface area (Å²) in [4.78, 5) is 24.4. The Morgan fingerprint density at radius 1 is 1.07 bits per heavy atom. The van der Waals surface area contributed by atoms with Crippen LogP contribution in [0.2, 0.25) is 0 Å². The summed E-state index contributed by atoms with van der Waals surface area (Å²) in [5.74, 6) is -1.57. The lowest BCUT2D eigenvalue weighted by molar-refractivity contribution is -0.123. The van der Waals surface area contributed by atoms with Crippen LogP contribution in [-0.4, -0.2) is 31.7 Å². The molecule has 27 heavy (non-hydrogen) atoms. The monoisotopic (exact) mass is 379 g/mol. The lowest BCUT2D eigenvalue weighted by Gasteiger charge is -2.15. The second kappa shape index (κ2) is 8.98. The molecule has 0 fully saturated rings. The summed E-state index contributed by atoms with van der Waals surface area (Å²) in [5, 5.41) is 2.65. The van der Waals surface area contributed by atoms with Crippen LogP contribution in [0.3, 0.4) is 0 Å². The fourth-order valence-electron chi connectivity index (χ4n) is 2.24. The number of anilines is 1. The first-order valence-corrected chi connectivity index (χ1v) is 8.01. The van der Waals surface area contributed by atoms with Crippen LogP contribution in [0.25, 0.3) is 0 Å². The number of hydrogen-bond acceptors (Lipinski definition) is 5. The topological polar surface area (TPSA) is 73.9 Å². The highest BCUT2D eigenvalue weighted by Crippen LogP contribution is 2.29. The molecule has 6 nitrogen and oxygen atoms in total. The minimum absolute atomic E-state index is 0.0312. The quantitative estimate of drug-likeness (QED) is 0.741. The number of alkyl halides is 2. The van der Waals surface area contributed by atoms with Gasteiger partial charge in [-0.2, -0.15) is 8.78 Å². The molecule has 144 valence electrons. The van der Waals surface area contributed by atoms with E-state index in [4.69, 9.17) is 9.47 Å². The molecule has 0 unspecified atom stereocenters. The minimum atomic E-state index is -3.03. The fraction of sp³-hybridized carbons (Fsp3) is 0.263. The lowest BCUT2D eigenvalue weighted by atomic mass is 10.2. The standard InChI is InChI=1S/C19H19F2NO5/c1-11-5-4-6-14(9-11)22-17(23)12(2)26-18(24)13-7-8-15(27-19(20)21)16(10-13)25-3/h4-10,12,19H,1-3H3,(H,22,23)/t12-/m1/s1. The zero-order chi connectivity index (χ0) is 20.0. The number of methoxy groups -OCH3 is 1. The van der Waals surface area contributed by atoms with Crippen molar-refractivity contribution in [2.45, 2.75) is 26.6 Å². The highest BCUT2D eigenvalue weighted by atomic mass is 19.3. The van der Waals surface area contributed by atoms with Gasteiger partial charge in [-0.3, -0.25) is 4.79 Å². The summed E-state index contributed by atoms with van der Waals surface area (Å²) in [5.41, 5.74) is 1.58. The van der Waals surface area contributed by atoms with Crippen molar-refractivity contribution >= 4 is 17.6 Å². The number of amides is 1. The highest BCUT2D eigenvalue weighted by molar-refractivity contribution is 5.97. The van der Waals surface area contributed by atoms with Crippen molar-refractivity contribution in [2.24, 2.45) is 0 Å². The first-order chi connectivity index (χ1) is 12.8. The van der Waals surface area contributed by atoms with Crippen LogP contribution in [0.15, 0.2) is 42.5 Å². The van der Waals surface area contributed by atoms with Gasteiger partial charge in [0.05, 0.1) is 12.7 Å². The number of esters is 1. The third kappa shape index (κ3) is 5.67. The number of benzene rings is 2. The number of carbonyl (C=O) groups is 2. The van der Waals surface area contributed by atoms with E-state index in [0.717, 1.165) is 5.56 Å². The Bertz CT molecular complexity index is 825. The van der Waals surface area contributed by atoms with Gasteiger partial charge < -0.3 is 19.5 Å². The Morgan fingerprint density at radius 2 is 1.81 bits per heavy atom. The summed E-state index contributed by atoms with van der Waals surface area (Å²) in [7, 11) is 1.25. The Labute approximate surface area is 155 Å². The summed E-state index contributed by atoms with van der Waals surface area (Å²) in [6, 6.07) is 10.8. The molecule has 0 aliphatic carbocycles. The van der Waals surface area contributed by atoms with Gasteiger partial charge in [0.1, 0.15) is 0 Å². The number of ether oxygens (including phenoxy) is 3. The first-order valence-electron chi connectivity index (χ1n) is 8.01. The molecule has 1 atom stereocenters. The molecular formula is C19H19F2NO5. The van der Waals surface area contributed by atoms with Gasteiger partial charge in [0.25, 0.3) is 5.91 Å². The third-order valence-electron chi connectivity index (χ3n) is 3.55. The van der Waals surface area contributed by atoms with E-state index in [1.165, 1.54) is 32.2 Å². The molecule has 0 bridgehead atoms. The van der Waals surface area contributed by atoms with Crippen molar-refractivity contribution < 1.29 is 32.6 Å². The Hall–Kier alpha value is -3.16. The van der Waals surface area contributed by atoms with E-state index in [9.17, 15) is 18.4 Å². The van der Waals surface area contributed by atoms with Crippen molar-refractivity contribution in [3.8, 4) is 11.5 Å². The van der Waals surface area contributed by atoms with Gasteiger partial charge in [-0.05, 0) is 49.7 Å². The lowest BCUT2D eigenvalue weighted by Crippen LogP contribution is -2.30. The minimum Gasteiger partial charge on any atom is -0.493 e. The van der Waals surface area contributed by atoms with Gasteiger partial charge in [0.15, 0.2) is 17.6 Å². The average molecular weight is 379 g/mol. The largest absolute Gasteiger partial charge is 0.493 e. The number of nitrogens with one attached hydrogen (secondary N) is 1. The van der Waals surface area contributed by atoms with E-state index in [2.05, 4.69) is 10.1 Å². The number of aryl methyl sites for hydroxylation is 1. The molecule has 0 aliphatic rings. The molecule has 0 saturated heterocycles. The molecule has 1 amide bonds. The van der Waals surface area contributed by atoms with Gasteiger partial charge in [0.2, 0.25) is 0 Å². The van der Waals surface area contributed by atoms with Crippen molar-refractivity contribution in [3.05, 3.63) is 53.6 Å². The second-order valence-corrected chi connectivity index (χ2v) is 5.65. The van der Waals surface area contributed by atoms with E-state index in [1.54, 1.807) is 18.2 Å². The van der Waals surface area contributed by atoms with Crippen LogP contribution >= 0.6 is 0 Å². The summed E-state index contributed by atoms with van der Waals surface area (Å²) >= 11 is 0. The number of halogens is 2. The molecule has 2 aromatic rings. The predicted molar refractivity (Wildman–Crippen MR) is 94.3 cm³/mol. The van der Waals surface area contributed by atoms with E-state index in [-0.39, 0.29) is 17.1 Å². The predicted octanol–water partition coefficient (Wildman–Crippen LogP) is 3.79. The summed E-state index contributed by atoms with van der Waals surface area (Å²) in [6.07, 6.45) is -1.07. The molecule has 0 radical (unpaired) electrons. The van der Waals surface area contributed by atoms with Gasteiger partial charge in [-0.25, -0.2) is 4.79 Å². The van der Waals surface area contributed by atoms with Crippen molar-refractivity contribution in [2.75, 3.05) is 12.4 Å². The molecule has 0 aromatic heterocycles. The zero-order valence-corrected chi connectivity index (χ0v) is 15.0. The van der Waals surface area contributed by atoms with Crippen LogP contribution in [-0.2, 0) is 9.53 Å². The second-order valence-electron chi connectivity index (χ2n) is 5.65. The van der Waals surface area contributed by atoms with Crippen LogP contribution in [0, 0.1) is 6.92 Å². The molecule has 2 aromatic carbocycles. The van der Waals surface area contributed by atoms with Crippen molar-refractivity contribution in [3.63, 3.8) is 0 Å². The number of hydrogen-bond donors (Lipinski definition) is 1. The Balaban J connectivity index is 2.04. The van der Waals surface area contributed by atoms with Crippen LogP contribution in [0.4, 0.5) is 14.5 Å². The third-order valence-corrected chi connectivity index (χ3v) is 3.55. The average Bonchev–Trinajstić information content (AvgIpc) is 2.61. The van der Waals surface area contributed by atoms with Crippen LogP contribution in [0.5, 0.6) is 11.5 Å². The Kier molecular flexibility index (Phi) is 6.70. The normalized spacial score (nSPS) is 11.6.